The van der Waals surface area contributed by atoms with Crippen LogP contribution in [0.15, 0.2) is 29.2 Å². The van der Waals surface area contributed by atoms with Crippen LogP contribution in [0.4, 0.5) is 0 Å². The van der Waals surface area contributed by atoms with Crippen molar-refractivity contribution in [2.24, 2.45) is 5.41 Å². The van der Waals surface area contributed by atoms with Crippen LogP contribution in [0.5, 0.6) is 0 Å². The molecule has 1 aliphatic rings. The highest BCUT2D eigenvalue weighted by molar-refractivity contribution is 4.95. The lowest BCUT2D eigenvalue weighted by Gasteiger charge is -2.13. The molecule has 1 aliphatic carbocycles. The summed E-state index contributed by atoms with van der Waals surface area (Å²) in [6.45, 7) is 2.57. The quantitative estimate of drug-likeness (QED) is 0.677. The molecule has 0 saturated heterocycles. The maximum absolute atomic E-state index is 11.4. The van der Waals surface area contributed by atoms with Crippen molar-refractivity contribution in [3.63, 3.8) is 0 Å². The first kappa shape index (κ1) is 11.4. The second-order valence-corrected chi connectivity index (χ2v) is 4.57. The van der Waals surface area contributed by atoms with Gasteiger partial charge in [-0.25, -0.2) is 0 Å². The van der Waals surface area contributed by atoms with Crippen LogP contribution in [-0.2, 0) is 6.54 Å². The Hall–Kier alpha value is -1.13. The number of hydrogen-bond donors (Lipinski definition) is 2. The van der Waals surface area contributed by atoms with Gasteiger partial charge < -0.3 is 15.0 Å². The third-order valence-corrected chi connectivity index (χ3v) is 3.22. The zero-order chi connectivity index (χ0) is 11.4. The molecule has 0 spiro atoms. The Morgan fingerprint density at radius 1 is 1.44 bits per heavy atom. The van der Waals surface area contributed by atoms with Gasteiger partial charge >= 0.3 is 0 Å². The Bertz CT molecular complexity index is 396. The summed E-state index contributed by atoms with van der Waals surface area (Å²) < 4.78 is 1.69. The number of rotatable bonds is 6. The van der Waals surface area contributed by atoms with Gasteiger partial charge in [-0.2, -0.15) is 0 Å². The molecule has 0 radical (unpaired) electrons. The SMILES string of the molecule is O=c1ccccn1CCNCC1(CO)CC1. The topological polar surface area (TPSA) is 54.3 Å². The second kappa shape index (κ2) is 4.80. The summed E-state index contributed by atoms with van der Waals surface area (Å²) in [7, 11) is 0. The van der Waals surface area contributed by atoms with Crippen molar-refractivity contribution in [3.8, 4) is 0 Å². The van der Waals surface area contributed by atoms with Gasteiger partial charge in [-0.1, -0.05) is 6.07 Å². The zero-order valence-corrected chi connectivity index (χ0v) is 9.35. The van der Waals surface area contributed by atoms with E-state index >= 15 is 0 Å². The highest BCUT2D eigenvalue weighted by Gasteiger charge is 2.41. The first-order valence-corrected chi connectivity index (χ1v) is 5.73. The maximum Gasteiger partial charge on any atom is 0.250 e. The van der Waals surface area contributed by atoms with Gasteiger partial charge in [0.2, 0.25) is 0 Å². The number of hydrogen-bond acceptors (Lipinski definition) is 3. The number of aromatic nitrogens is 1. The fourth-order valence-corrected chi connectivity index (χ4v) is 1.77. The molecular formula is C12H18N2O2. The van der Waals surface area contributed by atoms with Crippen LogP contribution in [0.3, 0.4) is 0 Å². The van der Waals surface area contributed by atoms with Gasteiger partial charge in [0.1, 0.15) is 0 Å². The molecule has 1 aromatic rings. The first-order valence-electron chi connectivity index (χ1n) is 5.73. The van der Waals surface area contributed by atoms with Gasteiger partial charge in [0.05, 0.1) is 0 Å². The first-order chi connectivity index (χ1) is 7.76. The Kier molecular flexibility index (Phi) is 3.41. The fraction of sp³-hybridized carbons (Fsp3) is 0.583. The van der Waals surface area contributed by atoms with E-state index in [-0.39, 0.29) is 17.6 Å². The highest BCUT2D eigenvalue weighted by atomic mass is 16.3. The van der Waals surface area contributed by atoms with Crippen LogP contribution in [0.2, 0.25) is 0 Å². The lowest BCUT2D eigenvalue weighted by Crippen LogP contribution is -2.31. The van der Waals surface area contributed by atoms with E-state index in [2.05, 4.69) is 5.32 Å². The summed E-state index contributed by atoms with van der Waals surface area (Å²) in [6.07, 6.45) is 4.02. The van der Waals surface area contributed by atoms with Gasteiger partial charge in [-0.15, -0.1) is 0 Å². The maximum atomic E-state index is 11.4. The minimum Gasteiger partial charge on any atom is -0.396 e. The summed E-state index contributed by atoms with van der Waals surface area (Å²) in [5.74, 6) is 0. The average molecular weight is 222 g/mol. The van der Waals surface area contributed by atoms with Crippen molar-refractivity contribution in [2.75, 3.05) is 19.7 Å². The second-order valence-electron chi connectivity index (χ2n) is 4.57. The molecule has 0 bridgehead atoms. The number of aliphatic hydroxyl groups is 1. The molecule has 4 nitrogen and oxygen atoms in total. The normalized spacial score (nSPS) is 17.3. The van der Waals surface area contributed by atoms with Crippen molar-refractivity contribution in [1.82, 2.24) is 9.88 Å². The van der Waals surface area contributed by atoms with Crippen LogP contribution in [0.1, 0.15) is 12.8 Å². The molecule has 1 heterocycles. The number of aliphatic hydroxyl groups excluding tert-OH is 1. The van der Waals surface area contributed by atoms with E-state index in [9.17, 15) is 4.79 Å². The Morgan fingerprint density at radius 3 is 2.88 bits per heavy atom. The van der Waals surface area contributed by atoms with Gasteiger partial charge in [-0.3, -0.25) is 4.79 Å². The van der Waals surface area contributed by atoms with E-state index < -0.39 is 0 Å². The summed E-state index contributed by atoms with van der Waals surface area (Å²) in [4.78, 5) is 11.4. The van der Waals surface area contributed by atoms with Crippen molar-refractivity contribution in [2.45, 2.75) is 19.4 Å². The average Bonchev–Trinajstić information content (AvgIpc) is 3.07. The summed E-state index contributed by atoms with van der Waals surface area (Å²) in [5, 5.41) is 12.4. The van der Waals surface area contributed by atoms with E-state index in [0.29, 0.717) is 6.54 Å². The Balaban J connectivity index is 1.72. The fourth-order valence-electron chi connectivity index (χ4n) is 1.77. The lowest BCUT2D eigenvalue weighted by atomic mass is 10.1. The van der Waals surface area contributed by atoms with Crippen molar-refractivity contribution in [3.05, 3.63) is 34.7 Å². The molecule has 4 heteroatoms. The molecule has 0 aromatic carbocycles. The van der Waals surface area contributed by atoms with Crippen LogP contribution >= 0.6 is 0 Å². The molecule has 0 unspecified atom stereocenters. The Morgan fingerprint density at radius 2 is 2.25 bits per heavy atom. The molecular weight excluding hydrogens is 204 g/mol. The largest absolute Gasteiger partial charge is 0.396 e. The third-order valence-electron chi connectivity index (χ3n) is 3.22. The molecule has 1 fully saturated rings. The summed E-state index contributed by atoms with van der Waals surface area (Å²) in [5.41, 5.74) is 0.175. The van der Waals surface area contributed by atoms with E-state index in [1.165, 1.54) is 0 Å². The predicted molar refractivity (Wildman–Crippen MR) is 62.3 cm³/mol. The van der Waals surface area contributed by atoms with Gasteiger partial charge in [0, 0.05) is 43.9 Å². The summed E-state index contributed by atoms with van der Waals surface area (Å²) >= 11 is 0. The number of nitrogens with one attached hydrogen (secondary N) is 1. The van der Waals surface area contributed by atoms with E-state index in [4.69, 9.17) is 5.11 Å². The van der Waals surface area contributed by atoms with Crippen LogP contribution < -0.4 is 10.9 Å². The van der Waals surface area contributed by atoms with E-state index in [1.54, 1.807) is 22.9 Å². The Labute approximate surface area is 94.9 Å². The van der Waals surface area contributed by atoms with Gasteiger partial charge in [0.15, 0.2) is 0 Å². The molecule has 0 aliphatic heterocycles. The van der Waals surface area contributed by atoms with Crippen molar-refractivity contribution >= 4 is 0 Å². The van der Waals surface area contributed by atoms with Crippen LogP contribution in [0, 0.1) is 5.41 Å². The minimum atomic E-state index is 0.0348. The lowest BCUT2D eigenvalue weighted by molar-refractivity contribution is 0.207. The van der Waals surface area contributed by atoms with E-state index in [0.717, 1.165) is 25.9 Å². The number of nitrogens with zero attached hydrogens (tertiary/aromatic N) is 1. The van der Waals surface area contributed by atoms with E-state index in [1.807, 2.05) is 6.07 Å². The molecule has 88 valence electrons. The molecule has 1 saturated carbocycles. The molecule has 16 heavy (non-hydrogen) atoms. The van der Waals surface area contributed by atoms with Crippen molar-refractivity contribution in [1.29, 1.82) is 0 Å². The third kappa shape index (κ3) is 2.71. The van der Waals surface area contributed by atoms with Crippen LogP contribution in [-0.4, -0.2) is 29.4 Å². The standard InChI is InChI=1S/C12H18N2O2/c15-10-12(4-5-12)9-13-6-8-14-7-2-1-3-11(14)16/h1-3,7,13,15H,4-6,8-10H2. The summed E-state index contributed by atoms with van der Waals surface area (Å²) in [6, 6.07) is 5.17. The molecule has 2 N–H and O–H groups in total. The zero-order valence-electron chi connectivity index (χ0n) is 9.35. The predicted octanol–water partition coefficient (Wildman–Crippen LogP) is 0.210. The van der Waals surface area contributed by atoms with Gasteiger partial charge in [-0.05, 0) is 18.9 Å². The molecule has 0 atom stereocenters. The monoisotopic (exact) mass is 222 g/mol. The van der Waals surface area contributed by atoms with Gasteiger partial charge in [0.25, 0.3) is 5.56 Å². The van der Waals surface area contributed by atoms with Crippen LogP contribution in [0.25, 0.3) is 0 Å². The van der Waals surface area contributed by atoms with Crippen molar-refractivity contribution < 1.29 is 5.11 Å². The number of pyridine rings is 1. The molecule has 0 amide bonds. The molecule has 2 rings (SSSR count). The smallest absolute Gasteiger partial charge is 0.250 e. The highest BCUT2D eigenvalue weighted by Crippen LogP contribution is 2.44. The molecule has 1 aromatic heterocycles. The minimum absolute atomic E-state index is 0.0348.